The topological polar surface area (TPSA) is 9.23 Å². The van der Waals surface area contributed by atoms with Crippen LogP contribution in [0.3, 0.4) is 0 Å². The Labute approximate surface area is 154 Å². The summed E-state index contributed by atoms with van der Waals surface area (Å²) in [5, 5.41) is 0. The summed E-state index contributed by atoms with van der Waals surface area (Å²) in [5.74, 6) is 0. The first-order valence-electron chi connectivity index (χ1n) is 7.17. The minimum absolute atomic E-state index is 0.288. The quantitative estimate of drug-likeness (QED) is 0.358. The van der Waals surface area contributed by atoms with Crippen LogP contribution in [0.5, 0.6) is 0 Å². The molecule has 2 atom stereocenters. The van der Waals surface area contributed by atoms with E-state index in [9.17, 15) is 0 Å². The fraction of sp³-hybridized carbons (Fsp3) is 0.333. The molecule has 2 aromatic carbocycles. The maximum Gasteiger partial charge on any atom is 0.0709 e. The molecule has 0 saturated heterocycles. The van der Waals surface area contributed by atoms with Crippen LogP contribution in [0.2, 0.25) is 0 Å². The monoisotopic (exact) mass is 506 g/mol. The summed E-state index contributed by atoms with van der Waals surface area (Å²) in [4.78, 5) is 0. The molecule has 2 aromatic rings. The van der Waals surface area contributed by atoms with Crippen molar-refractivity contribution in [3.63, 3.8) is 0 Å². The van der Waals surface area contributed by atoms with E-state index in [1.165, 1.54) is 11.1 Å². The van der Waals surface area contributed by atoms with Crippen LogP contribution in [0.1, 0.15) is 11.1 Å². The molecule has 0 aliphatic carbocycles. The number of benzene rings is 2. The fourth-order valence-corrected chi connectivity index (χ4v) is 3.34. The largest absolute Gasteiger partial charge is 0.373 e. The first-order chi connectivity index (χ1) is 10.3. The van der Waals surface area contributed by atoms with Crippen LogP contribution in [0, 0.1) is 0 Å². The van der Waals surface area contributed by atoms with Crippen LogP contribution >= 0.6 is 45.2 Å². The molecule has 0 aliphatic rings. The normalized spacial score (nSPS) is 13.8. The van der Waals surface area contributed by atoms with Crippen molar-refractivity contribution in [1.82, 2.24) is 0 Å². The standard InChI is InChI=1S/C18H20I2O/c19-13-17(11-15-7-3-1-4-8-15)21-18(14-20)12-16-9-5-2-6-10-16/h1-10,17-18H,11-14H2. The summed E-state index contributed by atoms with van der Waals surface area (Å²) in [6, 6.07) is 21.2. The number of alkyl halides is 2. The van der Waals surface area contributed by atoms with Crippen molar-refractivity contribution in [3.8, 4) is 0 Å². The predicted octanol–water partition coefficient (Wildman–Crippen LogP) is 5.10. The van der Waals surface area contributed by atoms with E-state index < -0.39 is 0 Å². The van der Waals surface area contributed by atoms with Crippen LogP contribution < -0.4 is 0 Å². The average Bonchev–Trinajstić information content (AvgIpc) is 2.55. The molecule has 0 amide bonds. The number of hydrogen-bond donors (Lipinski definition) is 0. The van der Waals surface area contributed by atoms with Gasteiger partial charge in [0.15, 0.2) is 0 Å². The highest BCUT2D eigenvalue weighted by Gasteiger charge is 2.16. The number of hydrogen-bond acceptors (Lipinski definition) is 1. The Hall–Kier alpha value is -0.140. The van der Waals surface area contributed by atoms with Gasteiger partial charge in [-0.15, -0.1) is 0 Å². The Bertz CT molecular complexity index is 454. The first-order valence-corrected chi connectivity index (χ1v) is 10.2. The van der Waals surface area contributed by atoms with E-state index in [0.717, 1.165) is 21.7 Å². The summed E-state index contributed by atoms with van der Waals surface area (Å²) in [5.41, 5.74) is 2.71. The van der Waals surface area contributed by atoms with Crippen molar-refractivity contribution in [2.24, 2.45) is 0 Å². The zero-order chi connectivity index (χ0) is 14.9. The Morgan fingerprint density at radius 1 is 0.667 bits per heavy atom. The second kappa shape index (κ2) is 9.79. The highest BCUT2D eigenvalue weighted by atomic mass is 127. The molecule has 0 radical (unpaired) electrons. The highest BCUT2D eigenvalue weighted by Crippen LogP contribution is 2.15. The lowest BCUT2D eigenvalue weighted by molar-refractivity contribution is 0.0180. The smallest absolute Gasteiger partial charge is 0.0709 e. The molecule has 0 heterocycles. The molecule has 112 valence electrons. The summed E-state index contributed by atoms with van der Waals surface area (Å²) >= 11 is 4.86. The average molecular weight is 506 g/mol. The second-order valence-electron chi connectivity index (χ2n) is 5.07. The van der Waals surface area contributed by atoms with Gasteiger partial charge in [0.25, 0.3) is 0 Å². The Morgan fingerprint density at radius 2 is 1.05 bits per heavy atom. The van der Waals surface area contributed by atoms with E-state index in [0.29, 0.717) is 0 Å². The van der Waals surface area contributed by atoms with Crippen LogP contribution in [-0.4, -0.2) is 21.1 Å². The van der Waals surface area contributed by atoms with Gasteiger partial charge in [-0.3, -0.25) is 0 Å². The third-order valence-electron chi connectivity index (χ3n) is 3.34. The van der Waals surface area contributed by atoms with Crippen molar-refractivity contribution >= 4 is 45.2 Å². The molecule has 21 heavy (non-hydrogen) atoms. The van der Waals surface area contributed by atoms with Gasteiger partial charge >= 0.3 is 0 Å². The molecule has 0 aliphatic heterocycles. The van der Waals surface area contributed by atoms with Gasteiger partial charge in [0.05, 0.1) is 12.2 Å². The van der Waals surface area contributed by atoms with Crippen LogP contribution in [0.4, 0.5) is 0 Å². The minimum Gasteiger partial charge on any atom is -0.373 e. The van der Waals surface area contributed by atoms with Crippen LogP contribution in [0.15, 0.2) is 60.7 Å². The summed E-state index contributed by atoms with van der Waals surface area (Å²) in [6.45, 7) is 0. The Balaban J connectivity index is 1.92. The molecular formula is C18H20I2O. The molecule has 0 spiro atoms. The van der Waals surface area contributed by atoms with Gasteiger partial charge in [-0.25, -0.2) is 0 Å². The third kappa shape index (κ3) is 6.24. The van der Waals surface area contributed by atoms with Gasteiger partial charge in [-0.05, 0) is 24.0 Å². The zero-order valence-corrected chi connectivity index (χ0v) is 16.2. The number of halogens is 2. The van der Waals surface area contributed by atoms with Crippen molar-refractivity contribution in [1.29, 1.82) is 0 Å². The first kappa shape index (κ1) is 17.2. The lowest BCUT2D eigenvalue weighted by Gasteiger charge is -2.23. The van der Waals surface area contributed by atoms with Gasteiger partial charge in [0.1, 0.15) is 0 Å². The second-order valence-corrected chi connectivity index (χ2v) is 6.83. The van der Waals surface area contributed by atoms with E-state index in [4.69, 9.17) is 4.74 Å². The van der Waals surface area contributed by atoms with Crippen molar-refractivity contribution in [2.75, 3.05) is 8.86 Å². The molecule has 2 rings (SSSR count). The van der Waals surface area contributed by atoms with Gasteiger partial charge in [0, 0.05) is 8.86 Å². The molecule has 0 saturated carbocycles. The summed E-state index contributed by atoms with van der Waals surface area (Å²) in [6.07, 6.45) is 2.56. The van der Waals surface area contributed by atoms with Gasteiger partial charge in [0.2, 0.25) is 0 Å². The van der Waals surface area contributed by atoms with Gasteiger partial charge in [-0.1, -0.05) is 106 Å². The number of rotatable bonds is 8. The van der Waals surface area contributed by atoms with Crippen LogP contribution in [0.25, 0.3) is 0 Å². The van der Waals surface area contributed by atoms with E-state index in [1.807, 2.05) is 0 Å². The maximum absolute atomic E-state index is 6.34. The van der Waals surface area contributed by atoms with E-state index in [-0.39, 0.29) is 12.2 Å². The molecule has 0 bridgehead atoms. The van der Waals surface area contributed by atoms with Gasteiger partial charge in [-0.2, -0.15) is 0 Å². The van der Waals surface area contributed by atoms with Crippen molar-refractivity contribution < 1.29 is 4.74 Å². The third-order valence-corrected chi connectivity index (χ3v) is 5.31. The Kier molecular flexibility index (Phi) is 8.03. The van der Waals surface area contributed by atoms with Crippen molar-refractivity contribution in [3.05, 3.63) is 71.8 Å². The molecule has 1 nitrogen and oxygen atoms in total. The van der Waals surface area contributed by atoms with Gasteiger partial charge < -0.3 is 4.74 Å². The molecular weight excluding hydrogens is 486 g/mol. The lowest BCUT2D eigenvalue weighted by Crippen LogP contribution is -2.28. The molecule has 2 unspecified atom stereocenters. The molecule has 3 heteroatoms. The van der Waals surface area contributed by atoms with E-state index in [2.05, 4.69) is 106 Å². The maximum atomic E-state index is 6.34. The zero-order valence-electron chi connectivity index (χ0n) is 11.9. The predicted molar refractivity (Wildman–Crippen MR) is 107 cm³/mol. The SMILES string of the molecule is ICC(Cc1ccccc1)OC(CI)Cc1ccccc1. The minimum atomic E-state index is 0.288. The molecule has 0 fully saturated rings. The lowest BCUT2D eigenvalue weighted by atomic mass is 10.1. The highest BCUT2D eigenvalue weighted by molar-refractivity contribution is 14.1. The van der Waals surface area contributed by atoms with Crippen LogP contribution in [-0.2, 0) is 17.6 Å². The van der Waals surface area contributed by atoms with E-state index >= 15 is 0 Å². The molecule has 0 aromatic heterocycles. The molecule has 0 N–H and O–H groups in total. The number of ether oxygens (including phenoxy) is 1. The fourth-order valence-electron chi connectivity index (χ4n) is 2.30. The van der Waals surface area contributed by atoms with E-state index in [1.54, 1.807) is 0 Å². The Morgan fingerprint density at radius 3 is 1.38 bits per heavy atom. The van der Waals surface area contributed by atoms with Crippen molar-refractivity contribution in [2.45, 2.75) is 25.0 Å². The summed E-state index contributed by atoms with van der Waals surface area (Å²) < 4.78 is 8.39. The summed E-state index contributed by atoms with van der Waals surface area (Å²) in [7, 11) is 0.